The highest BCUT2D eigenvalue weighted by molar-refractivity contribution is 5.95. The number of carbonyl (C=O) groups excluding carboxylic acids is 2. The molecule has 6 bridgehead atoms. The number of pyridine rings is 1. The Morgan fingerprint density at radius 3 is 2.45 bits per heavy atom. The second kappa shape index (κ2) is 13.4. The summed E-state index contributed by atoms with van der Waals surface area (Å²) in [6.07, 6.45) is 2.03. The van der Waals surface area contributed by atoms with E-state index in [-0.39, 0.29) is 54.3 Å². The van der Waals surface area contributed by atoms with Gasteiger partial charge in [0.05, 0.1) is 47.0 Å². The third-order valence-electron chi connectivity index (χ3n) is 11.9. The SMILES string of the molecule is CO[C@H]1CN(C)C(=O)[C@@H]2CC(CN2c2nc(N3C4C[C@@H]3C(=O)N(C)C4)nc3c2cnn3-c2ccc(F)cc2F)Nc2cccc(n2)-c2cc(F)cc3nc(C)n(c23)C1. The Labute approximate surface area is 330 Å². The molecular formula is C40H39F3N12O3. The second-order valence-corrected chi connectivity index (χ2v) is 15.6. The van der Waals surface area contributed by atoms with Crippen LogP contribution in [0, 0.1) is 24.4 Å². The minimum absolute atomic E-state index is 0.0233. The van der Waals surface area contributed by atoms with Crippen LogP contribution in [0.3, 0.4) is 0 Å². The molecule has 15 nitrogen and oxygen atoms in total. The van der Waals surface area contributed by atoms with E-state index in [1.54, 1.807) is 31.0 Å². The maximum atomic E-state index is 15.4. The third-order valence-corrected chi connectivity index (χ3v) is 11.9. The Kier molecular flexibility index (Phi) is 8.33. The van der Waals surface area contributed by atoms with Crippen LogP contribution in [0.5, 0.6) is 0 Å². The van der Waals surface area contributed by atoms with E-state index in [1.807, 2.05) is 39.5 Å². The second-order valence-electron chi connectivity index (χ2n) is 15.6. The molecule has 58 heavy (non-hydrogen) atoms. The van der Waals surface area contributed by atoms with Gasteiger partial charge >= 0.3 is 0 Å². The molecule has 3 saturated heterocycles. The quantitative estimate of drug-likeness (QED) is 0.278. The van der Waals surface area contributed by atoms with Crippen LogP contribution in [0.25, 0.3) is 39.0 Å². The summed E-state index contributed by atoms with van der Waals surface area (Å²) in [7, 11) is 5.09. The van der Waals surface area contributed by atoms with Gasteiger partial charge in [-0.3, -0.25) is 9.59 Å². The number of nitrogens with one attached hydrogen (secondary N) is 1. The predicted octanol–water partition coefficient (Wildman–Crippen LogP) is 3.92. The number of hydrogen-bond acceptors (Lipinski definition) is 11. The Balaban J connectivity index is 1.11. The number of rotatable bonds is 4. The first-order chi connectivity index (χ1) is 27.9. The number of ether oxygens (including phenoxy) is 1. The highest BCUT2D eigenvalue weighted by Crippen LogP contribution is 2.40. The van der Waals surface area contributed by atoms with Gasteiger partial charge in [-0.1, -0.05) is 6.07 Å². The molecule has 4 aliphatic rings. The molecule has 4 aliphatic heterocycles. The molecule has 6 aromatic rings. The van der Waals surface area contributed by atoms with Gasteiger partial charge in [-0.15, -0.1) is 0 Å². The first kappa shape index (κ1) is 36.1. The smallest absolute Gasteiger partial charge is 0.245 e. The number of nitrogens with zero attached hydrogens (tertiary/aromatic N) is 11. The van der Waals surface area contributed by atoms with E-state index in [4.69, 9.17) is 19.7 Å². The van der Waals surface area contributed by atoms with Crippen molar-refractivity contribution >= 4 is 51.5 Å². The largest absolute Gasteiger partial charge is 0.378 e. The van der Waals surface area contributed by atoms with Gasteiger partial charge in [-0.25, -0.2) is 27.8 Å². The van der Waals surface area contributed by atoms with Gasteiger partial charge in [0.15, 0.2) is 11.5 Å². The van der Waals surface area contributed by atoms with Gasteiger partial charge in [0.1, 0.15) is 46.9 Å². The highest BCUT2D eigenvalue weighted by atomic mass is 19.1. The van der Waals surface area contributed by atoms with Crippen LogP contribution in [0.1, 0.15) is 18.7 Å². The van der Waals surface area contributed by atoms with Crippen molar-refractivity contribution < 1.29 is 27.5 Å². The fraction of sp³-hybridized carbons (Fsp3) is 0.375. The molecule has 10 rings (SSSR count). The number of piperazine rings is 1. The summed E-state index contributed by atoms with van der Waals surface area (Å²) < 4.78 is 53.8. The standard InChI is InChI=1S/C40H39F3N12O3/c1-20-45-30-12-22(42)10-26-29-6-5-7-34(47-29)46-23-13-32(38(56)51(3)18-25(58-4)19-52(20)35(26)30)53(16-23)36-27-15-44-55(31-9-8-21(41)11-28(31)43)37(27)49-40(48-36)54-24-14-33(54)39(57)50(2)17-24/h5-12,15,23-25,32-33H,13-14,16-19H2,1-4H3,(H,46,47)/t23?,24?,25-,32-,33+/m0/s1. The zero-order chi connectivity index (χ0) is 40.1. The van der Waals surface area contributed by atoms with Crippen molar-refractivity contribution in [1.29, 1.82) is 0 Å². The van der Waals surface area contributed by atoms with Crippen LogP contribution in [-0.2, 0) is 20.9 Å². The van der Waals surface area contributed by atoms with Crippen LogP contribution >= 0.6 is 0 Å². The lowest BCUT2D eigenvalue weighted by Crippen LogP contribution is -2.71. The number of halogens is 3. The van der Waals surface area contributed by atoms with E-state index >= 15 is 8.78 Å². The summed E-state index contributed by atoms with van der Waals surface area (Å²) in [6.45, 7) is 3.16. The van der Waals surface area contributed by atoms with E-state index in [9.17, 15) is 14.0 Å². The van der Waals surface area contributed by atoms with Crippen LogP contribution in [0.4, 0.5) is 30.8 Å². The minimum atomic E-state index is -0.836. The number of hydrogen-bond donors (Lipinski definition) is 1. The molecular weight excluding hydrogens is 754 g/mol. The molecule has 0 aliphatic carbocycles. The van der Waals surface area contributed by atoms with Crippen LogP contribution in [-0.4, -0.2) is 127 Å². The topological polar surface area (TPSA) is 143 Å². The lowest BCUT2D eigenvalue weighted by molar-refractivity contribution is -0.138. The predicted molar refractivity (Wildman–Crippen MR) is 208 cm³/mol. The summed E-state index contributed by atoms with van der Waals surface area (Å²) in [6, 6.07) is 9.98. The van der Waals surface area contributed by atoms with Crippen molar-refractivity contribution in [2.45, 2.75) is 56.6 Å². The molecule has 18 heteroatoms. The molecule has 2 unspecified atom stereocenters. The van der Waals surface area contributed by atoms with Gasteiger partial charge in [-0.2, -0.15) is 15.1 Å². The van der Waals surface area contributed by atoms with Crippen molar-refractivity contribution in [2.24, 2.45) is 0 Å². The van der Waals surface area contributed by atoms with Gasteiger partial charge in [-0.05, 0) is 50.1 Å². The molecule has 298 valence electrons. The first-order valence-electron chi connectivity index (χ1n) is 19.1. The molecule has 0 saturated carbocycles. The number of likely N-dealkylation sites (N-methyl/N-ethyl adjacent to an activating group) is 2. The highest BCUT2D eigenvalue weighted by Gasteiger charge is 2.51. The molecule has 1 N–H and O–H groups in total. The zero-order valence-electron chi connectivity index (χ0n) is 32.1. The molecule has 0 radical (unpaired) electrons. The zero-order valence-corrected chi connectivity index (χ0v) is 32.1. The molecule has 2 amide bonds. The number of carbonyl (C=O) groups is 2. The number of methoxy groups -OCH3 is 1. The van der Waals surface area contributed by atoms with Gasteiger partial charge in [0.2, 0.25) is 17.8 Å². The summed E-state index contributed by atoms with van der Waals surface area (Å²) in [5, 5.41) is 8.48. The number of amides is 2. The summed E-state index contributed by atoms with van der Waals surface area (Å²) in [5.41, 5.74) is 2.53. The number of piperidine rings is 1. The van der Waals surface area contributed by atoms with Gasteiger partial charge < -0.3 is 34.2 Å². The van der Waals surface area contributed by atoms with E-state index in [0.717, 1.165) is 12.1 Å². The normalized spacial score (nSPS) is 23.3. The maximum absolute atomic E-state index is 15.4. The Hall–Kier alpha value is -6.30. The fourth-order valence-electron chi connectivity index (χ4n) is 9.10. The molecule has 2 aromatic carbocycles. The molecule has 0 spiro atoms. The van der Waals surface area contributed by atoms with Crippen LogP contribution < -0.4 is 15.1 Å². The first-order valence-corrected chi connectivity index (χ1v) is 19.1. The summed E-state index contributed by atoms with van der Waals surface area (Å²) in [4.78, 5) is 54.7. The van der Waals surface area contributed by atoms with E-state index < -0.39 is 35.6 Å². The third kappa shape index (κ3) is 5.71. The molecule has 3 fully saturated rings. The molecule has 8 heterocycles. The Morgan fingerprint density at radius 1 is 0.845 bits per heavy atom. The lowest BCUT2D eigenvalue weighted by atomic mass is 9.87. The van der Waals surface area contributed by atoms with E-state index in [1.165, 1.54) is 29.1 Å². The van der Waals surface area contributed by atoms with Crippen LogP contribution in [0.2, 0.25) is 0 Å². The summed E-state index contributed by atoms with van der Waals surface area (Å²) in [5.74, 6) is -0.457. The molecule has 4 aromatic heterocycles. The monoisotopic (exact) mass is 792 g/mol. The summed E-state index contributed by atoms with van der Waals surface area (Å²) >= 11 is 0. The average Bonchev–Trinajstić information content (AvgIpc) is 3.89. The van der Waals surface area contributed by atoms with E-state index in [2.05, 4.69) is 15.4 Å². The van der Waals surface area contributed by atoms with Crippen LogP contribution in [0.15, 0.2) is 54.7 Å². The van der Waals surface area contributed by atoms with Crippen molar-refractivity contribution in [3.05, 3.63) is 78.0 Å². The number of anilines is 3. The number of imidazole rings is 1. The number of benzene rings is 2. The minimum Gasteiger partial charge on any atom is -0.378 e. The van der Waals surface area contributed by atoms with Gasteiger partial charge in [0, 0.05) is 64.6 Å². The number of aryl methyl sites for hydroxylation is 1. The van der Waals surface area contributed by atoms with Crippen molar-refractivity contribution in [1.82, 2.24) is 44.1 Å². The van der Waals surface area contributed by atoms with Crippen molar-refractivity contribution in [2.75, 3.05) is 56.0 Å². The maximum Gasteiger partial charge on any atom is 0.245 e. The molecule has 5 atom stereocenters. The number of likely N-dealkylation sites (tertiary alicyclic amines) is 1. The average molecular weight is 793 g/mol. The van der Waals surface area contributed by atoms with E-state index in [0.29, 0.717) is 71.1 Å². The van der Waals surface area contributed by atoms with Gasteiger partial charge in [0.25, 0.3) is 0 Å². The fourth-order valence-corrected chi connectivity index (χ4v) is 9.10. The van der Waals surface area contributed by atoms with Crippen molar-refractivity contribution in [3.63, 3.8) is 0 Å². The Bertz CT molecular complexity index is 2670. The van der Waals surface area contributed by atoms with Crippen molar-refractivity contribution in [3.8, 4) is 16.9 Å². The number of fused-ring (bicyclic) bond motifs is 8. The number of aromatic nitrogens is 7. The lowest BCUT2D eigenvalue weighted by Gasteiger charge is -2.54. The Morgan fingerprint density at radius 2 is 1.66 bits per heavy atom.